The first-order chi connectivity index (χ1) is 13.8. The maximum atomic E-state index is 13.1. The summed E-state index contributed by atoms with van der Waals surface area (Å²) in [4.78, 5) is 35.4. The molecule has 29 heavy (non-hydrogen) atoms. The number of carbonyl (C=O) groups is 1. The van der Waals surface area contributed by atoms with Crippen LogP contribution in [0.1, 0.15) is 21.3 Å². The number of ether oxygens (including phenoxy) is 2. The van der Waals surface area contributed by atoms with Gasteiger partial charge in [-0.25, -0.2) is 0 Å². The Bertz CT molecular complexity index is 927. The fourth-order valence-corrected chi connectivity index (χ4v) is 4.26. The minimum absolute atomic E-state index is 0.103. The highest BCUT2D eigenvalue weighted by molar-refractivity contribution is 7.99. The van der Waals surface area contributed by atoms with Gasteiger partial charge < -0.3 is 14.4 Å². The van der Waals surface area contributed by atoms with Gasteiger partial charge in [0.2, 0.25) is 0 Å². The van der Waals surface area contributed by atoms with Crippen LogP contribution in [0.3, 0.4) is 0 Å². The van der Waals surface area contributed by atoms with E-state index in [9.17, 15) is 25.0 Å². The summed E-state index contributed by atoms with van der Waals surface area (Å²) in [6.45, 7) is 0.393. The van der Waals surface area contributed by atoms with Gasteiger partial charge in [0.1, 0.15) is 16.9 Å². The van der Waals surface area contributed by atoms with Gasteiger partial charge in [-0.15, -0.1) is 11.8 Å². The van der Waals surface area contributed by atoms with Gasteiger partial charge in [0.05, 0.1) is 35.7 Å². The molecule has 0 radical (unpaired) electrons. The Morgan fingerprint density at radius 1 is 1.00 bits per heavy atom. The smallest absolute Gasteiger partial charge is 0.277 e. The van der Waals surface area contributed by atoms with Crippen molar-refractivity contribution >= 4 is 29.0 Å². The highest BCUT2D eigenvalue weighted by atomic mass is 32.2. The lowest BCUT2D eigenvalue weighted by molar-refractivity contribution is -0.394. The SMILES string of the molecule is COc1cc(OC)cc(C2SCCN2C(=O)c2cc([N+](=O)[O-])cc([N+](=O)[O-])c2)c1. The molecule has 0 N–H and O–H groups in total. The van der Waals surface area contributed by atoms with Crippen molar-refractivity contribution in [2.45, 2.75) is 5.37 Å². The van der Waals surface area contributed by atoms with Crippen LogP contribution in [0.5, 0.6) is 11.5 Å². The third kappa shape index (κ3) is 4.24. The topological polar surface area (TPSA) is 125 Å². The number of methoxy groups -OCH3 is 2. The molecule has 1 fully saturated rings. The van der Waals surface area contributed by atoms with E-state index in [4.69, 9.17) is 9.47 Å². The van der Waals surface area contributed by atoms with Gasteiger partial charge in [0, 0.05) is 30.5 Å². The van der Waals surface area contributed by atoms with E-state index in [1.165, 1.54) is 30.9 Å². The number of nitrogens with zero attached hydrogens (tertiary/aromatic N) is 3. The van der Waals surface area contributed by atoms with Crippen LogP contribution >= 0.6 is 11.8 Å². The minimum atomic E-state index is -0.757. The van der Waals surface area contributed by atoms with Gasteiger partial charge in [-0.1, -0.05) is 0 Å². The first-order valence-electron chi connectivity index (χ1n) is 8.43. The lowest BCUT2D eigenvalue weighted by Gasteiger charge is -2.25. The standard InChI is InChI=1S/C18H17N3O7S/c1-27-15-7-12(8-16(10-15)28-2)18-19(3-4-29-18)17(22)11-5-13(20(23)24)9-14(6-11)21(25)26/h5-10,18H,3-4H2,1-2H3. The Balaban J connectivity index is 1.99. The van der Waals surface area contributed by atoms with Gasteiger partial charge in [0.25, 0.3) is 17.3 Å². The largest absolute Gasteiger partial charge is 0.497 e. The number of amides is 1. The molecule has 11 heteroatoms. The van der Waals surface area contributed by atoms with Gasteiger partial charge in [-0.05, 0) is 17.7 Å². The van der Waals surface area contributed by atoms with E-state index in [1.54, 1.807) is 18.2 Å². The highest BCUT2D eigenvalue weighted by Gasteiger charge is 2.33. The summed E-state index contributed by atoms with van der Waals surface area (Å²) >= 11 is 1.51. The molecule has 1 aliphatic rings. The molecule has 3 rings (SSSR count). The Kier molecular flexibility index (Phi) is 5.87. The molecule has 0 aliphatic carbocycles. The molecular formula is C18H17N3O7S. The van der Waals surface area contributed by atoms with Crippen molar-refractivity contribution < 1.29 is 24.1 Å². The monoisotopic (exact) mass is 419 g/mol. The summed E-state index contributed by atoms with van der Waals surface area (Å²) in [5, 5.41) is 21.9. The van der Waals surface area contributed by atoms with Crippen molar-refractivity contribution in [1.82, 2.24) is 4.90 Å². The van der Waals surface area contributed by atoms with Crippen molar-refractivity contribution in [2.75, 3.05) is 26.5 Å². The Morgan fingerprint density at radius 3 is 2.03 bits per heavy atom. The van der Waals surface area contributed by atoms with Crippen LogP contribution < -0.4 is 9.47 Å². The molecule has 152 valence electrons. The van der Waals surface area contributed by atoms with Crippen molar-refractivity contribution in [3.8, 4) is 11.5 Å². The van der Waals surface area contributed by atoms with Crippen LogP contribution in [-0.2, 0) is 0 Å². The molecule has 0 bridgehead atoms. The summed E-state index contributed by atoms with van der Waals surface area (Å²) in [5.74, 6) is 1.25. The zero-order chi connectivity index (χ0) is 21.1. The quantitative estimate of drug-likeness (QED) is 0.515. The predicted octanol–water partition coefficient (Wildman–Crippen LogP) is 3.41. The number of non-ortho nitro benzene ring substituents is 2. The molecule has 1 unspecified atom stereocenters. The van der Waals surface area contributed by atoms with Crippen molar-refractivity contribution in [1.29, 1.82) is 0 Å². The van der Waals surface area contributed by atoms with Gasteiger partial charge in [-0.2, -0.15) is 0 Å². The van der Waals surface area contributed by atoms with Crippen LogP contribution in [0.2, 0.25) is 0 Å². The number of benzene rings is 2. The average molecular weight is 419 g/mol. The van der Waals surface area contributed by atoms with E-state index >= 15 is 0 Å². The normalized spacial score (nSPS) is 15.8. The van der Waals surface area contributed by atoms with E-state index < -0.39 is 27.1 Å². The Hall–Kier alpha value is -3.34. The molecule has 2 aromatic carbocycles. The predicted molar refractivity (Wildman–Crippen MR) is 106 cm³/mol. The Morgan fingerprint density at radius 2 is 1.55 bits per heavy atom. The minimum Gasteiger partial charge on any atom is -0.497 e. The van der Waals surface area contributed by atoms with E-state index in [2.05, 4.69) is 0 Å². The number of nitro benzene ring substituents is 2. The first kappa shape index (κ1) is 20.4. The maximum absolute atomic E-state index is 13.1. The summed E-state index contributed by atoms with van der Waals surface area (Å²) in [6, 6.07) is 8.21. The number of carbonyl (C=O) groups excluding carboxylic acids is 1. The van der Waals surface area contributed by atoms with Crippen LogP contribution in [0.4, 0.5) is 11.4 Å². The van der Waals surface area contributed by atoms with E-state index in [0.29, 0.717) is 23.8 Å². The summed E-state index contributed by atoms with van der Waals surface area (Å²) in [6.07, 6.45) is 0. The number of rotatable bonds is 6. The number of hydrogen-bond acceptors (Lipinski definition) is 8. The van der Waals surface area contributed by atoms with Crippen molar-refractivity contribution in [2.24, 2.45) is 0 Å². The molecule has 1 amide bonds. The molecule has 0 saturated carbocycles. The van der Waals surface area contributed by atoms with Crippen molar-refractivity contribution in [3.63, 3.8) is 0 Å². The zero-order valence-electron chi connectivity index (χ0n) is 15.6. The van der Waals surface area contributed by atoms with Crippen LogP contribution in [0.25, 0.3) is 0 Å². The third-order valence-electron chi connectivity index (χ3n) is 4.38. The van der Waals surface area contributed by atoms with E-state index in [1.807, 2.05) is 0 Å². The molecule has 1 heterocycles. The molecule has 2 aromatic rings. The lowest BCUT2D eigenvalue weighted by Crippen LogP contribution is -2.30. The highest BCUT2D eigenvalue weighted by Crippen LogP contribution is 2.41. The van der Waals surface area contributed by atoms with Crippen molar-refractivity contribution in [3.05, 3.63) is 67.8 Å². The summed E-state index contributed by atoms with van der Waals surface area (Å²) in [7, 11) is 3.04. The van der Waals surface area contributed by atoms with E-state index in [0.717, 1.165) is 23.8 Å². The molecule has 1 atom stereocenters. The van der Waals surface area contributed by atoms with E-state index in [-0.39, 0.29) is 10.9 Å². The number of thioether (sulfide) groups is 1. The third-order valence-corrected chi connectivity index (χ3v) is 5.64. The van der Waals surface area contributed by atoms with Crippen LogP contribution in [0.15, 0.2) is 36.4 Å². The molecular weight excluding hydrogens is 402 g/mol. The van der Waals surface area contributed by atoms with Gasteiger partial charge >= 0.3 is 0 Å². The average Bonchev–Trinajstić information content (AvgIpc) is 3.22. The lowest BCUT2D eigenvalue weighted by atomic mass is 10.1. The summed E-state index contributed by atoms with van der Waals surface area (Å²) < 4.78 is 10.6. The van der Waals surface area contributed by atoms with Gasteiger partial charge in [0.15, 0.2) is 0 Å². The molecule has 0 aromatic heterocycles. The molecule has 0 spiro atoms. The fraction of sp³-hybridized carbons (Fsp3) is 0.278. The molecule has 10 nitrogen and oxygen atoms in total. The molecule has 1 aliphatic heterocycles. The van der Waals surface area contributed by atoms with Gasteiger partial charge in [-0.3, -0.25) is 25.0 Å². The molecule has 1 saturated heterocycles. The fourth-order valence-electron chi connectivity index (χ4n) is 3.02. The Labute approximate surface area is 169 Å². The second kappa shape index (κ2) is 8.35. The number of nitro groups is 2. The number of hydrogen-bond donors (Lipinski definition) is 0. The second-order valence-corrected chi connectivity index (χ2v) is 7.31. The summed E-state index contributed by atoms with van der Waals surface area (Å²) in [5.41, 5.74) is -0.353. The van der Waals surface area contributed by atoms with Crippen LogP contribution in [-0.4, -0.2) is 47.2 Å². The first-order valence-corrected chi connectivity index (χ1v) is 9.48. The second-order valence-electron chi connectivity index (χ2n) is 6.12. The maximum Gasteiger partial charge on any atom is 0.277 e. The van der Waals surface area contributed by atoms with Crippen LogP contribution in [0, 0.1) is 20.2 Å². The zero-order valence-corrected chi connectivity index (χ0v) is 16.4.